The fraction of sp³-hybridized carbons (Fsp3) is 0.556. The molecular weight excluding hydrogens is 204 g/mol. The van der Waals surface area contributed by atoms with E-state index in [1.807, 2.05) is 6.92 Å². The minimum atomic E-state index is -0.0506. The third-order valence-electron chi connectivity index (χ3n) is 1.51. The van der Waals surface area contributed by atoms with Gasteiger partial charge in [0.05, 0.1) is 6.61 Å². The molecule has 14 heavy (non-hydrogen) atoms. The average Bonchev–Trinajstić information content (AvgIpc) is 2.01. The minimum absolute atomic E-state index is 0.0506. The number of ether oxygens (including phenoxy) is 2. The second-order valence-corrected chi connectivity index (χ2v) is 3.35. The lowest BCUT2D eigenvalue weighted by Crippen LogP contribution is -2.18. The van der Waals surface area contributed by atoms with E-state index in [1.54, 1.807) is 20.1 Å². The molecule has 0 N–H and O–H groups in total. The molecule has 1 rings (SSSR count). The van der Waals surface area contributed by atoms with Crippen molar-refractivity contribution in [3.05, 3.63) is 17.0 Å². The molecule has 1 atom stereocenters. The molecule has 0 aliphatic carbocycles. The second-order valence-electron chi connectivity index (χ2n) is 2.96. The van der Waals surface area contributed by atoms with Gasteiger partial charge in [0.2, 0.25) is 5.88 Å². The molecule has 0 aliphatic heterocycles. The highest BCUT2D eigenvalue weighted by atomic mass is 35.5. The predicted octanol–water partition coefficient (Wildman–Crippen LogP) is 1.85. The molecule has 1 unspecified atom stereocenters. The molecule has 5 heteroatoms. The maximum Gasteiger partial charge on any atom is 0.218 e. The summed E-state index contributed by atoms with van der Waals surface area (Å²) in [5, 5.41) is 0.386. The molecule has 0 saturated carbocycles. The van der Waals surface area contributed by atoms with Crippen LogP contribution in [0.2, 0.25) is 5.15 Å². The van der Waals surface area contributed by atoms with Gasteiger partial charge < -0.3 is 9.47 Å². The van der Waals surface area contributed by atoms with Crippen molar-refractivity contribution in [1.29, 1.82) is 0 Å². The third-order valence-corrected chi connectivity index (χ3v) is 1.70. The number of nitrogens with zero attached hydrogens (tertiary/aromatic N) is 2. The first kappa shape index (κ1) is 11.2. The molecule has 0 aliphatic rings. The van der Waals surface area contributed by atoms with E-state index in [0.717, 1.165) is 0 Å². The monoisotopic (exact) mass is 216 g/mol. The summed E-state index contributed by atoms with van der Waals surface area (Å²) >= 11 is 5.75. The van der Waals surface area contributed by atoms with E-state index in [2.05, 4.69) is 9.97 Å². The van der Waals surface area contributed by atoms with Crippen LogP contribution in [-0.4, -0.2) is 29.8 Å². The Hall–Kier alpha value is -0.870. The average molecular weight is 217 g/mol. The highest BCUT2D eigenvalue weighted by Gasteiger charge is 2.06. The number of methoxy groups -OCH3 is 1. The van der Waals surface area contributed by atoms with E-state index in [4.69, 9.17) is 21.1 Å². The van der Waals surface area contributed by atoms with Crippen LogP contribution in [0.1, 0.15) is 12.7 Å². The lowest BCUT2D eigenvalue weighted by atomic mass is 10.4. The number of rotatable bonds is 4. The molecule has 0 radical (unpaired) electrons. The molecule has 0 aromatic carbocycles. The van der Waals surface area contributed by atoms with Crippen LogP contribution in [0.5, 0.6) is 5.88 Å². The van der Waals surface area contributed by atoms with Crippen LogP contribution >= 0.6 is 11.6 Å². The zero-order valence-corrected chi connectivity index (χ0v) is 9.21. The molecule has 1 heterocycles. The van der Waals surface area contributed by atoms with Crippen LogP contribution in [0.15, 0.2) is 6.07 Å². The van der Waals surface area contributed by atoms with Crippen LogP contribution in [0, 0.1) is 6.92 Å². The number of halogens is 1. The van der Waals surface area contributed by atoms with Crippen molar-refractivity contribution >= 4 is 11.6 Å². The summed E-state index contributed by atoms with van der Waals surface area (Å²) in [6.07, 6.45) is -0.0506. The zero-order valence-electron chi connectivity index (χ0n) is 8.45. The molecule has 0 spiro atoms. The SMILES string of the molecule is COCC(C)Oc1cc(Cl)nc(C)n1. The van der Waals surface area contributed by atoms with Crippen LogP contribution in [0.4, 0.5) is 0 Å². The molecular formula is C9H13ClN2O2. The summed E-state index contributed by atoms with van der Waals surface area (Å²) in [5.41, 5.74) is 0. The van der Waals surface area contributed by atoms with Gasteiger partial charge in [0, 0.05) is 13.2 Å². The maximum absolute atomic E-state index is 5.75. The van der Waals surface area contributed by atoms with Crippen molar-refractivity contribution in [2.75, 3.05) is 13.7 Å². The molecule has 0 saturated heterocycles. The van der Waals surface area contributed by atoms with Gasteiger partial charge in [-0.1, -0.05) is 11.6 Å². The largest absolute Gasteiger partial charge is 0.472 e. The van der Waals surface area contributed by atoms with Gasteiger partial charge in [-0.3, -0.25) is 0 Å². The number of aromatic nitrogens is 2. The minimum Gasteiger partial charge on any atom is -0.472 e. The van der Waals surface area contributed by atoms with Gasteiger partial charge in [0.25, 0.3) is 0 Å². The second kappa shape index (κ2) is 5.12. The quantitative estimate of drug-likeness (QED) is 0.721. The Bertz CT molecular complexity index is 287. The van der Waals surface area contributed by atoms with Crippen LogP contribution in [0.3, 0.4) is 0 Å². The van der Waals surface area contributed by atoms with E-state index in [0.29, 0.717) is 23.5 Å². The van der Waals surface area contributed by atoms with Gasteiger partial charge in [-0.05, 0) is 13.8 Å². The van der Waals surface area contributed by atoms with Gasteiger partial charge in [-0.2, -0.15) is 4.98 Å². The molecule has 0 fully saturated rings. The number of hydrogen-bond donors (Lipinski definition) is 0. The fourth-order valence-corrected chi connectivity index (χ4v) is 1.26. The van der Waals surface area contributed by atoms with Gasteiger partial charge in [-0.25, -0.2) is 4.98 Å². The standard InChI is InChI=1S/C9H13ClN2O2/c1-6(5-13-3)14-9-4-8(10)11-7(2)12-9/h4,6H,5H2,1-3H3. The van der Waals surface area contributed by atoms with E-state index < -0.39 is 0 Å². The first-order chi connectivity index (χ1) is 6.61. The Balaban J connectivity index is 2.66. The van der Waals surface area contributed by atoms with E-state index in [-0.39, 0.29) is 6.10 Å². The Labute approximate surface area is 88.2 Å². The van der Waals surface area contributed by atoms with Gasteiger partial charge >= 0.3 is 0 Å². The van der Waals surface area contributed by atoms with Gasteiger partial charge in [-0.15, -0.1) is 0 Å². The van der Waals surface area contributed by atoms with Crippen molar-refractivity contribution < 1.29 is 9.47 Å². The molecule has 0 bridgehead atoms. The Morgan fingerprint density at radius 1 is 1.50 bits per heavy atom. The van der Waals surface area contributed by atoms with Crippen LogP contribution in [-0.2, 0) is 4.74 Å². The molecule has 4 nitrogen and oxygen atoms in total. The topological polar surface area (TPSA) is 44.2 Å². The van der Waals surface area contributed by atoms with Crippen molar-refractivity contribution in [3.8, 4) is 5.88 Å². The first-order valence-corrected chi connectivity index (χ1v) is 4.66. The van der Waals surface area contributed by atoms with Gasteiger partial charge in [0.15, 0.2) is 0 Å². The normalized spacial score (nSPS) is 12.6. The van der Waals surface area contributed by atoms with Crippen LogP contribution < -0.4 is 4.74 Å². The molecule has 1 aromatic rings. The lowest BCUT2D eigenvalue weighted by Gasteiger charge is -2.12. The predicted molar refractivity (Wildman–Crippen MR) is 53.7 cm³/mol. The highest BCUT2D eigenvalue weighted by Crippen LogP contribution is 2.14. The van der Waals surface area contributed by atoms with Crippen molar-refractivity contribution in [1.82, 2.24) is 9.97 Å². The van der Waals surface area contributed by atoms with Crippen LogP contribution in [0.25, 0.3) is 0 Å². The van der Waals surface area contributed by atoms with Crippen molar-refractivity contribution in [3.63, 3.8) is 0 Å². The van der Waals surface area contributed by atoms with Gasteiger partial charge in [0.1, 0.15) is 17.1 Å². The number of aryl methyl sites for hydroxylation is 1. The molecule has 1 aromatic heterocycles. The summed E-state index contributed by atoms with van der Waals surface area (Å²) in [4.78, 5) is 8.01. The summed E-state index contributed by atoms with van der Waals surface area (Å²) in [5.74, 6) is 1.07. The fourth-order valence-electron chi connectivity index (χ4n) is 1.04. The Morgan fingerprint density at radius 3 is 2.79 bits per heavy atom. The summed E-state index contributed by atoms with van der Waals surface area (Å²) < 4.78 is 10.4. The summed E-state index contributed by atoms with van der Waals surface area (Å²) in [6, 6.07) is 1.58. The molecule has 78 valence electrons. The van der Waals surface area contributed by atoms with E-state index in [9.17, 15) is 0 Å². The summed E-state index contributed by atoms with van der Waals surface area (Å²) in [7, 11) is 1.62. The van der Waals surface area contributed by atoms with Crippen molar-refractivity contribution in [2.24, 2.45) is 0 Å². The lowest BCUT2D eigenvalue weighted by molar-refractivity contribution is 0.0887. The zero-order chi connectivity index (χ0) is 10.6. The maximum atomic E-state index is 5.75. The van der Waals surface area contributed by atoms with E-state index >= 15 is 0 Å². The highest BCUT2D eigenvalue weighted by molar-refractivity contribution is 6.29. The Kier molecular flexibility index (Phi) is 4.10. The van der Waals surface area contributed by atoms with E-state index in [1.165, 1.54) is 0 Å². The third kappa shape index (κ3) is 3.47. The number of hydrogen-bond acceptors (Lipinski definition) is 4. The molecule has 0 amide bonds. The first-order valence-electron chi connectivity index (χ1n) is 4.28. The Morgan fingerprint density at radius 2 is 2.21 bits per heavy atom. The van der Waals surface area contributed by atoms with Crippen molar-refractivity contribution in [2.45, 2.75) is 20.0 Å². The summed E-state index contributed by atoms with van der Waals surface area (Å²) in [6.45, 7) is 4.18. The smallest absolute Gasteiger partial charge is 0.218 e.